The first-order chi connectivity index (χ1) is 12.2. The fourth-order valence-corrected chi connectivity index (χ4v) is 4.61. The molecule has 0 spiro atoms. The summed E-state index contributed by atoms with van der Waals surface area (Å²) in [5.41, 5.74) is 1.91. The zero-order chi connectivity index (χ0) is 17.8. The van der Waals surface area contributed by atoms with E-state index in [4.69, 9.17) is 9.47 Å². The molecule has 0 bridgehead atoms. The lowest BCUT2D eigenvalue weighted by Crippen LogP contribution is -2.17. The van der Waals surface area contributed by atoms with Crippen LogP contribution in [0.25, 0.3) is 21.8 Å². The number of hydrogen-bond donors (Lipinski definition) is 1. The quantitative estimate of drug-likeness (QED) is 0.246. The van der Waals surface area contributed by atoms with E-state index in [-0.39, 0.29) is 6.10 Å². The molecule has 0 radical (unpaired) electrons. The van der Waals surface area contributed by atoms with Crippen molar-refractivity contribution in [2.45, 2.75) is 19.1 Å². The van der Waals surface area contributed by atoms with Crippen molar-refractivity contribution in [2.75, 3.05) is 26.1 Å². The Morgan fingerprint density at radius 1 is 1.08 bits per heavy atom. The van der Waals surface area contributed by atoms with Gasteiger partial charge in [-0.3, -0.25) is 0 Å². The van der Waals surface area contributed by atoms with Gasteiger partial charge in [-0.2, -0.15) is 27.6 Å². The maximum atomic E-state index is 5.69. The molecule has 5 nitrogen and oxygen atoms in total. The van der Waals surface area contributed by atoms with Crippen LogP contribution in [-0.2, 0) is 16.0 Å². The SMILES string of the molecule is COC(CS)CCOCCn1nc2c(I)c3ccccc3c(I)c2n1. The van der Waals surface area contributed by atoms with Crippen LogP contribution < -0.4 is 0 Å². The summed E-state index contributed by atoms with van der Waals surface area (Å²) in [5.74, 6) is 0.705. The number of fused-ring (bicyclic) bond motifs is 2. The number of nitrogens with zero attached hydrogens (tertiary/aromatic N) is 3. The van der Waals surface area contributed by atoms with Crippen molar-refractivity contribution in [3.05, 3.63) is 31.4 Å². The maximum absolute atomic E-state index is 5.69. The fourth-order valence-electron chi connectivity index (χ4n) is 2.61. The van der Waals surface area contributed by atoms with Crippen LogP contribution in [0.4, 0.5) is 0 Å². The Morgan fingerprint density at radius 2 is 1.68 bits per heavy atom. The predicted octanol–water partition coefficient (Wildman–Crippen LogP) is 4.15. The highest BCUT2D eigenvalue weighted by atomic mass is 127. The molecule has 0 N–H and O–H groups in total. The topological polar surface area (TPSA) is 49.2 Å². The molecule has 0 aliphatic rings. The van der Waals surface area contributed by atoms with Crippen molar-refractivity contribution in [3.8, 4) is 0 Å². The molecule has 1 aromatic heterocycles. The molecule has 2 aromatic carbocycles. The van der Waals surface area contributed by atoms with Gasteiger partial charge in [0, 0.05) is 19.5 Å². The third-order valence-electron chi connectivity index (χ3n) is 4.03. The third kappa shape index (κ3) is 4.40. The smallest absolute Gasteiger partial charge is 0.128 e. The first kappa shape index (κ1) is 19.6. The number of hydrogen-bond acceptors (Lipinski definition) is 5. The van der Waals surface area contributed by atoms with E-state index in [0.717, 1.165) is 24.6 Å². The van der Waals surface area contributed by atoms with Crippen molar-refractivity contribution in [1.29, 1.82) is 0 Å². The van der Waals surface area contributed by atoms with Gasteiger partial charge in [-0.1, -0.05) is 24.3 Å². The predicted molar refractivity (Wildman–Crippen MR) is 121 cm³/mol. The van der Waals surface area contributed by atoms with E-state index in [1.54, 1.807) is 11.9 Å². The third-order valence-corrected chi connectivity index (χ3v) is 6.62. The molecule has 0 aliphatic heterocycles. The van der Waals surface area contributed by atoms with Gasteiger partial charge in [0.05, 0.1) is 26.4 Å². The summed E-state index contributed by atoms with van der Waals surface area (Å²) in [4.78, 5) is 1.74. The molecule has 8 heteroatoms. The molecule has 0 fully saturated rings. The van der Waals surface area contributed by atoms with Gasteiger partial charge in [-0.25, -0.2) is 0 Å². The Kier molecular flexibility index (Phi) is 7.17. The number of aromatic nitrogens is 3. The Balaban J connectivity index is 1.70. The van der Waals surface area contributed by atoms with Crippen molar-refractivity contribution in [2.24, 2.45) is 0 Å². The number of thiol groups is 1. The van der Waals surface area contributed by atoms with Crippen LogP contribution >= 0.6 is 57.8 Å². The van der Waals surface area contributed by atoms with E-state index in [1.165, 1.54) is 10.8 Å². The van der Waals surface area contributed by atoms with Gasteiger partial charge in [0.15, 0.2) is 0 Å². The van der Waals surface area contributed by atoms with Crippen LogP contribution in [0.5, 0.6) is 0 Å². The van der Waals surface area contributed by atoms with Crippen LogP contribution in [0.2, 0.25) is 0 Å². The molecule has 1 heterocycles. The van der Waals surface area contributed by atoms with E-state index in [0.29, 0.717) is 25.5 Å². The zero-order valence-corrected chi connectivity index (χ0v) is 19.0. The molecule has 1 unspecified atom stereocenters. The summed E-state index contributed by atoms with van der Waals surface area (Å²) in [6.45, 7) is 1.87. The van der Waals surface area contributed by atoms with Gasteiger partial charge in [-0.05, 0) is 62.4 Å². The molecular formula is C17H19I2N3O2S. The van der Waals surface area contributed by atoms with Crippen molar-refractivity contribution >= 4 is 79.6 Å². The molecule has 3 aromatic rings. The van der Waals surface area contributed by atoms with Gasteiger partial charge in [0.1, 0.15) is 11.0 Å². The standard InChI is InChI=1S/C17H19I2N3O2S/c1-23-11(10-25)6-8-24-9-7-22-20-16-14(18)12-4-2-3-5-13(12)15(19)17(16)21-22/h2-5,11,25H,6-10H2,1H3. The van der Waals surface area contributed by atoms with Crippen LogP contribution in [0.1, 0.15) is 6.42 Å². The Morgan fingerprint density at radius 3 is 2.20 bits per heavy atom. The molecule has 0 saturated heterocycles. The fraction of sp³-hybridized carbons (Fsp3) is 0.412. The summed E-state index contributed by atoms with van der Waals surface area (Å²) >= 11 is 8.97. The van der Waals surface area contributed by atoms with Crippen LogP contribution in [-0.4, -0.2) is 47.2 Å². The number of ether oxygens (including phenoxy) is 2. The average Bonchev–Trinajstić information content (AvgIpc) is 3.07. The molecular weight excluding hydrogens is 564 g/mol. The van der Waals surface area contributed by atoms with Crippen LogP contribution in [0.15, 0.2) is 24.3 Å². The minimum atomic E-state index is 0.143. The lowest BCUT2D eigenvalue weighted by molar-refractivity contribution is 0.0598. The molecule has 0 saturated carbocycles. The number of rotatable bonds is 8. The van der Waals surface area contributed by atoms with Crippen LogP contribution in [0.3, 0.4) is 0 Å². The molecule has 1 atom stereocenters. The second-order valence-electron chi connectivity index (χ2n) is 5.61. The zero-order valence-electron chi connectivity index (χ0n) is 13.8. The highest BCUT2D eigenvalue weighted by Gasteiger charge is 2.15. The maximum Gasteiger partial charge on any atom is 0.128 e. The summed E-state index contributed by atoms with van der Waals surface area (Å²) in [6, 6.07) is 8.38. The molecule has 3 rings (SSSR count). The summed E-state index contributed by atoms with van der Waals surface area (Å²) < 4.78 is 13.3. The lowest BCUT2D eigenvalue weighted by atomic mass is 10.1. The van der Waals surface area contributed by atoms with Gasteiger partial charge < -0.3 is 9.47 Å². The van der Waals surface area contributed by atoms with Gasteiger partial charge in [0.2, 0.25) is 0 Å². The van der Waals surface area contributed by atoms with Crippen LogP contribution in [0, 0.1) is 7.14 Å². The largest absolute Gasteiger partial charge is 0.381 e. The van der Waals surface area contributed by atoms with E-state index >= 15 is 0 Å². The second-order valence-corrected chi connectivity index (χ2v) is 8.13. The molecule has 25 heavy (non-hydrogen) atoms. The average molecular weight is 583 g/mol. The van der Waals surface area contributed by atoms with Crippen molar-refractivity contribution in [1.82, 2.24) is 15.0 Å². The number of benzene rings is 2. The summed E-state index contributed by atoms with van der Waals surface area (Å²) in [7, 11) is 1.70. The normalized spacial score (nSPS) is 13.0. The lowest BCUT2D eigenvalue weighted by Gasteiger charge is -2.12. The number of methoxy groups -OCH3 is 1. The molecule has 134 valence electrons. The summed E-state index contributed by atoms with van der Waals surface area (Å²) in [5, 5.41) is 11.8. The second kappa shape index (κ2) is 9.16. The Labute approximate surface area is 179 Å². The van der Waals surface area contributed by atoms with E-state index < -0.39 is 0 Å². The van der Waals surface area contributed by atoms with E-state index in [2.05, 4.69) is 92.3 Å². The molecule has 0 aliphatic carbocycles. The van der Waals surface area contributed by atoms with Gasteiger partial charge in [0.25, 0.3) is 0 Å². The van der Waals surface area contributed by atoms with Gasteiger partial charge in [-0.15, -0.1) is 0 Å². The highest BCUT2D eigenvalue weighted by molar-refractivity contribution is 14.1. The summed E-state index contributed by atoms with van der Waals surface area (Å²) in [6.07, 6.45) is 0.986. The minimum Gasteiger partial charge on any atom is -0.381 e. The minimum absolute atomic E-state index is 0.143. The van der Waals surface area contributed by atoms with Crippen molar-refractivity contribution in [3.63, 3.8) is 0 Å². The first-order valence-corrected chi connectivity index (χ1v) is 10.8. The van der Waals surface area contributed by atoms with Crippen molar-refractivity contribution < 1.29 is 9.47 Å². The van der Waals surface area contributed by atoms with E-state index in [1.807, 2.05) is 0 Å². The first-order valence-electron chi connectivity index (χ1n) is 7.97. The Hall–Kier alpha value is -0.170. The Bertz CT molecular complexity index is 809. The van der Waals surface area contributed by atoms with Gasteiger partial charge >= 0.3 is 0 Å². The highest BCUT2D eigenvalue weighted by Crippen LogP contribution is 2.32. The monoisotopic (exact) mass is 583 g/mol. The number of halogens is 2. The molecule has 0 amide bonds. The van der Waals surface area contributed by atoms with E-state index in [9.17, 15) is 0 Å².